The summed E-state index contributed by atoms with van der Waals surface area (Å²) >= 11 is 0. The van der Waals surface area contributed by atoms with Crippen LogP contribution in [0.15, 0.2) is 0 Å². The monoisotopic (exact) mass is 249 g/mol. The van der Waals surface area contributed by atoms with Gasteiger partial charge in [0.1, 0.15) is 5.60 Å². The molecule has 0 aromatic rings. The highest BCUT2D eigenvalue weighted by Gasteiger charge is 2.28. The Morgan fingerprint density at radius 3 is 2.47 bits per heavy atom. The van der Waals surface area contributed by atoms with Gasteiger partial charge >= 0.3 is 6.09 Å². The number of hydrogen-bond acceptors (Lipinski definition) is 2. The summed E-state index contributed by atoms with van der Waals surface area (Å²) in [6.07, 6.45) is -1.22. The van der Waals surface area contributed by atoms with Gasteiger partial charge in [0.25, 0.3) is 0 Å². The zero-order chi connectivity index (χ0) is 13.1. The van der Waals surface area contributed by atoms with E-state index in [9.17, 15) is 13.6 Å². The molecule has 1 aliphatic rings. The van der Waals surface area contributed by atoms with Gasteiger partial charge in [0.15, 0.2) is 0 Å². The molecule has 0 N–H and O–H groups in total. The van der Waals surface area contributed by atoms with Gasteiger partial charge in [-0.2, -0.15) is 0 Å². The average molecular weight is 249 g/mol. The maximum atomic E-state index is 12.6. The minimum Gasteiger partial charge on any atom is -0.444 e. The highest BCUT2D eigenvalue weighted by Crippen LogP contribution is 2.24. The maximum absolute atomic E-state index is 12.6. The van der Waals surface area contributed by atoms with Crippen molar-refractivity contribution in [3.8, 4) is 0 Å². The van der Waals surface area contributed by atoms with Crippen LogP contribution in [0.4, 0.5) is 13.6 Å². The summed E-state index contributed by atoms with van der Waals surface area (Å²) in [5.41, 5.74) is -0.536. The predicted octanol–water partition coefficient (Wildman–Crippen LogP) is 3.29. The van der Waals surface area contributed by atoms with Gasteiger partial charge in [-0.05, 0) is 40.0 Å². The van der Waals surface area contributed by atoms with Crippen molar-refractivity contribution in [1.29, 1.82) is 0 Å². The Labute approximate surface area is 101 Å². The molecule has 1 amide bonds. The SMILES string of the molecule is CC(C)(C)OC(=O)N1CCCC(C(F)F)CC1. The van der Waals surface area contributed by atoms with Crippen molar-refractivity contribution >= 4 is 6.09 Å². The third-order valence-electron chi connectivity index (χ3n) is 2.78. The third-order valence-corrected chi connectivity index (χ3v) is 2.78. The number of ether oxygens (including phenoxy) is 1. The molecule has 1 heterocycles. The van der Waals surface area contributed by atoms with Gasteiger partial charge in [0.05, 0.1) is 0 Å². The molecule has 0 aliphatic carbocycles. The Hall–Kier alpha value is -0.870. The van der Waals surface area contributed by atoms with Crippen molar-refractivity contribution < 1.29 is 18.3 Å². The van der Waals surface area contributed by atoms with Crippen LogP contribution in [-0.4, -0.2) is 36.1 Å². The van der Waals surface area contributed by atoms with Crippen molar-refractivity contribution in [3.05, 3.63) is 0 Å². The summed E-state index contributed by atoms with van der Waals surface area (Å²) in [4.78, 5) is 13.3. The molecule has 0 aromatic heterocycles. The molecule has 0 aromatic carbocycles. The molecule has 17 heavy (non-hydrogen) atoms. The normalized spacial score (nSPS) is 22.5. The molecule has 3 nitrogen and oxygen atoms in total. The fourth-order valence-electron chi connectivity index (χ4n) is 1.88. The lowest BCUT2D eigenvalue weighted by atomic mass is 10.0. The second-order valence-electron chi connectivity index (χ2n) is 5.49. The van der Waals surface area contributed by atoms with Crippen LogP contribution in [0, 0.1) is 5.92 Å². The van der Waals surface area contributed by atoms with Gasteiger partial charge in [-0.1, -0.05) is 0 Å². The van der Waals surface area contributed by atoms with Crippen molar-refractivity contribution in [3.63, 3.8) is 0 Å². The maximum Gasteiger partial charge on any atom is 0.410 e. The first-order valence-electron chi connectivity index (χ1n) is 6.05. The summed E-state index contributed by atoms with van der Waals surface area (Å²) in [5, 5.41) is 0. The van der Waals surface area contributed by atoms with Gasteiger partial charge in [0.2, 0.25) is 6.43 Å². The van der Waals surface area contributed by atoms with E-state index in [1.807, 2.05) is 0 Å². The predicted molar refractivity (Wildman–Crippen MR) is 61.2 cm³/mol. The Bertz CT molecular complexity index is 264. The molecule has 0 bridgehead atoms. The number of amides is 1. The molecule has 0 radical (unpaired) electrons. The number of carbonyl (C=O) groups excluding carboxylic acids is 1. The van der Waals surface area contributed by atoms with Crippen LogP contribution in [0.2, 0.25) is 0 Å². The van der Waals surface area contributed by atoms with Crippen LogP contribution >= 0.6 is 0 Å². The second-order valence-corrected chi connectivity index (χ2v) is 5.49. The Morgan fingerprint density at radius 1 is 1.29 bits per heavy atom. The smallest absolute Gasteiger partial charge is 0.410 e. The molecule has 1 fully saturated rings. The number of hydrogen-bond donors (Lipinski definition) is 0. The molecule has 0 saturated carbocycles. The van der Waals surface area contributed by atoms with Gasteiger partial charge in [-0.25, -0.2) is 13.6 Å². The van der Waals surface area contributed by atoms with Crippen LogP contribution in [0.1, 0.15) is 40.0 Å². The highest BCUT2D eigenvalue weighted by atomic mass is 19.3. The molecule has 1 atom stereocenters. The molecule has 1 unspecified atom stereocenters. The summed E-state index contributed by atoms with van der Waals surface area (Å²) in [7, 11) is 0. The number of likely N-dealkylation sites (tertiary alicyclic amines) is 1. The molecule has 1 aliphatic heterocycles. The number of nitrogens with zero attached hydrogens (tertiary/aromatic N) is 1. The Kier molecular flexibility index (Phi) is 4.71. The van der Waals surface area contributed by atoms with E-state index in [-0.39, 0.29) is 0 Å². The van der Waals surface area contributed by atoms with Crippen LogP contribution in [0.3, 0.4) is 0 Å². The standard InChI is InChI=1S/C12H21F2NO2/c1-12(2,3)17-11(16)15-7-4-5-9(6-8-15)10(13)14/h9-10H,4-8H2,1-3H3. The first kappa shape index (κ1) is 14.2. The van der Waals surface area contributed by atoms with Crippen molar-refractivity contribution in [2.75, 3.05) is 13.1 Å². The van der Waals surface area contributed by atoms with Crippen LogP contribution < -0.4 is 0 Å². The van der Waals surface area contributed by atoms with Gasteiger partial charge in [-0.15, -0.1) is 0 Å². The fourth-order valence-corrected chi connectivity index (χ4v) is 1.88. The molecular formula is C12H21F2NO2. The third kappa shape index (κ3) is 4.88. The van der Waals surface area contributed by atoms with Gasteiger partial charge in [-0.3, -0.25) is 0 Å². The fraction of sp³-hybridized carbons (Fsp3) is 0.917. The number of alkyl halides is 2. The molecule has 0 spiro atoms. The zero-order valence-electron chi connectivity index (χ0n) is 10.7. The molecule has 100 valence electrons. The summed E-state index contributed by atoms with van der Waals surface area (Å²) in [5.74, 6) is -0.581. The molecule has 1 rings (SSSR count). The Balaban J connectivity index is 2.48. The highest BCUT2D eigenvalue weighted by molar-refractivity contribution is 5.68. The van der Waals surface area contributed by atoms with E-state index in [2.05, 4.69) is 0 Å². The average Bonchev–Trinajstić information content (AvgIpc) is 2.39. The summed E-state index contributed by atoms with van der Waals surface area (Å²) in [6.45, 7) is 6.27. The summed E-state index contributed by atoms with van der Waals surface area (Å²) in [6, 6.07) is 0. The first-order chi connectivity index (χ1) is 7.79. The van der Waals surface area contributed by atoms with Crippen LogP contribution in [0.25, 0.3) is 0 Å². The molecular weight excluding hydrogens is 228 g/mol. The van der Waals surface area contributed by atoms with Gasteiger partial charge in [0, 0.05) is 19.0 Å². The number of halogens is 2. The van der Waals surface area contributed by atoms with Gasteiger partial charge < -0.3 is 9.64 Å². The number of rotatable bonds is 1. The van der Waals surface area contributed by atoms with E-state index < -0.39 is 24.0 Å². The van der Waals surface area contributed by atoms with E-state index in [0.29, 0.717) is 32.4 Å². The minimum atomic E-state index is -2.28. The van der Waals surface area contributed by atoms with Crippen LogP contribution in [0.5, 0.6) is 0 Å². The lowest BCUT2D eigenvalue weighted by Crippen LogP contribution is -2.37. The lowest BCUT2D eigenvalue weighted by Gasteiger charge is -2.26. The van der Waals surface area contributed by atoms with E-state index >= 15 is 0 Å². The zero-order valence-corrected chi connectivity index (χ0v) is 10.7. The molecule has 1 saturated heterocycles. The molecule has 5 heteroatoms. The van der Waals surface area contributed by atoms with Crippen molar-refractivity contribution in [1.82, 2.24) is 4.90 Å². The first-order valence-corrected chi connectivity index (χ1v) is 6.05. The van der Waals surface area contributed by atoms with Crippen LogP contribution in [-0.2, 0) is 4.74 Å². The quantitative estimate of drug-likeness (QED) is 0.713. The topological polar surface area (TPSA) is 29.5 Å². The van der Waals surface area contributed by atoms with Crippen molar-refractivity contribution in [2.45, 2.75) is 52.1 Å². The second kappa shape index (κ2) is 5.65. The minimum absolute atomic E-state index is 0.358. The van der Waals surface area contributed by atoms with Crippen molar-refractivity contribution in [2.24, 2.45) is 5.92 Å². The van der Waals surface area contributed by atoms with E-state index in [0.717, 1.165) is 0 Å². The lowest BCUT2D eigenvalue weighted by molar-refractivity contribution is 0.0240. The van der Waals surface area contributed by atoms with E-state index in [1.54, 1.807) is 20.8 Å². The van der Waals surface area contributed by atoms with E-state index in [4.69, 9.17) is 4.74 Å². The Morgan fingerprint density at radius 2 is 1.94 bits per heavy atom. The van der Waals surface area contributed by atoms with E-state index in [1.165, 1.54) is 4.90 Å². The summed E-state index contributed by atoms with van der Waals surface area (Å²) < 4.78 is 30.4. The largest absolute Gasteiger partial charge is 0.444 e. The number of carbonyl (C=O) groups is 1.